The fourth-order valence-corrected chi connectivity index (χ4v) is 1.22. The Labute approximate surface area is 80.0 Å². The fourth-order valence-electron chi connectivity index (χ4n) is 1.22. The summed E-state index contributed by atoms with van der Waals surface area (Å²) in [4.78, 5) is 0. The van der Waals surface area contributed by atoms with Gasteiger partial charge in [-0.05, 0) is 24.1 Å². The molecule has 13 heavy (non-hydrogen) atoms. The van der Waals surface area contributed by atoms with Gasteiger partial charge in [-0.2, -0.15) is 0 Å². The van der Waals surface area contributed by atoms with Crippen LogP contribution in [0.25, 0.3) is 0 Å². The molecule has 2 N–H and O–H groups in total. The van der Waals surface area contributed by atoms with Gasteiger partial charge in [-0.15, -0.1) is 0 Å². The van der Waals surface area contributed by atoms with Crippen molar-refractivity contribution in [1.29, 1.82) is 0 Å². The molecule has 0 saturated carbocycles. The molecule has 1 heteroatoms. The maximum atomic E-state index is 5.60. The topological polar surface area (TPSA) is 26.0 Å². The summed E-state index contributed by atoms with van der Waals surface area (Å²) in [5.41, 5.74) is 9.10. The van der Waals surface area contributed by atoms with Gasteiger partial charge in [-0.1, -0.05) is 30.9 Å². The quantitative estimate of drug-likeness (QED) is 0.647. The van der Waals surface area contributed by atoms with Gasteiger partial charge >= 0.3 is 0 Å². The van der Waals surface area contributed by atoms with Gasteiger partial charge in [0.15, 0.2) is 0 Å². The van der Waals surface area contributed by atoms with Crippen LogP contribution >= 0.6 is 0 Å². The third kappa shape index (κ3) is 2.34. The Hall–Kier alpha value is -1.26. The van der Waals surface area contributed by atoms with Gasteiger partial charge in [-0.25, -0.2) is 0 Å². The maximum absolute atomic E-state index is 5.60. The highest BCUT2D eigenvalue weighted by molar-refractivity contribution is 5.44. The molecular formula is C12H15N. The zero-order valence-electron chi connectivity index (χ0n) is 8.22. The molecule has 0 heterocycles. The Kier molecular flexibility index (Phi) is 3.54. The Morgan fingerprint density at radius 2 is 2.15 bits per heavy atom. The first-order valence-corrected chi connectivity index (χ1v) is 4.57. The number of hydrogen-bond acceptors (Lipinski definition) is 1. The van der Waals surface area contributed by atoms with Crippen LogP contribution in [0.15, 0.2) is 18.2 Å². The molecule has 0 amide bonds. The molecule has 0 fully saturated rings. The third-order valence-electron chi connectivity index (χ3n) is 2.07. The Morgan fingerprint density at radius 3 is 2.77 bits per heavy atom. The van der Waals surface area contributed by atoms with Crippen molar-refractivity contribution in [3.8, 4) is 11.8 Å². The van der Waals surface area contributed by atoms with Gasteiger partial charge in [0, 0.05) is 18.5 Å². The largest absolute Gasteiger partial charge is 0.326 e. The molecule has 0 radical (unpaired) electrons. The molecule has 1 rings (SSSR count). The highest BCUT2D eigenvalue weighted by Gasteiger charge is 1.98. The molecule has 68 valence electrons. The summed E-state index contributed by atoms with van der Waals surface area (Å²) in [6.07, 6.45) is 0.895. The minimum atomic E-state index is 0.591. The second-order valence-electron chi connectivity index (χ2n) is 2.95. The average molecular weight is 173 g/mol. The summed E-state index contributed by atoms with van der Waals surface area (Å²) in [6.45, 7) is 4.71. The van der Waals surface area contributed by atoms with E-state index in [9.17, 15) is 0 Å². The van der Waals surface area contributed by atoms with Crippen molar-refractivity contribution in [1.82, 2.24) is 0 Å². The first-order valence-electron chi connectivity index (χ1n) is 4.57. The van der Waals surface area contributed by atoms with E-state index >= 15 is 0 Å². The molecule has 0 aliphatic heterocycles. The van der Waals surface area contributed by atoms with Crippen molar-refractivity contribution in [2.45, 2.75) is 26.8 Å². The molecule has 0 bridgehead atoms. The minimum Gasteiger partial charge on any atom is -0.326 e. The summed E-state index contributed by atoms with van der Waals surface area (Å²) in [5, 5.41) is 0. The number of hydrogen-bond donors (Lipinski definition) is 1. The Balaban J connectivity index is 3.08. The van der Waals surface area contributed by atoms with E-state index in [1.165, 1.54) is 11.1 Å². The minimum absolute atomic E-state index is 0.591. The first-order chi connectivity index (χ1) is 6.29. The highest BCUT2D eigenvalue weighted by Crippen LogP contribution is 2.11. The molecule has 0 aromatic heterocycles. The Bertz CT molecular complexity index is 342. The lowest BCUT2D eigenvalue weighted by atomic mass is 10.0. The van der Waals surface area contributed by atoms with Gasteiger partial charge in [-0.3, -0.25) is 0 Å². The molecule has 0 atom stereocenters. The summed E-state index contributed by atoms with van der Waals surface area (Å²) >= 11 is 0. The summed E-state index contributed by atoms with van der Waals surface area (Å²) in [7, 11) is 0. The fraction of sp³-hybridized carbons (Fsp3) is 0.333. The van der Waals surface area contributed by atoms with Crippen molar-refractivity contribution in [2.24, 2.45) is 5.73 Å². The van der Waals surface area contributed by atoms with E-state index in [-0.39, 0.29) is 0 Å². The number of benzene rings is 1. The second kappa shape index (κ2) is 4.69. The standard InChI is InChI=1S/C12H15N/c1-3-4-6-11-7-5-8-12(9-13)10(11)2/h5,7-8H,3,9,13H2,1-2H3. The third-order valence-corrected chi connectivity index (χ3v) is 2.07. The zero-order valence-corrected chi connectivity index (χ0v) is 8.22. The van der Waals surface area contributed by atoms with Crippen molar-refractivity contribution in [3.05, 3.63) is 34.9 Å². The summed E-state index contributed by atoms with van der Waals surface area (Å²) in [6, 6.07) is 6.10. The van der Waals surface area contributed by atoms with Crippen molar-refractivity contribution in [2.75, 3.05) is 0 Å². The lowest BCUT2D eigenvalue weighted by Crippen LogP contribution is -2.00. The summed E-state index contributed by atoms with van der Waals surface area (Å²) < 4.78 is 0. The van der Waals surface area contributed by atoms with Crippen LogP contribution in [0.5, 0.6) is 0 Å². The smallest absolute Gasteiger partial charge is 0.0277 e. The predicted molar refractivity (Wildman–Crippen MR) is 56.2 cm³/mol. The van der Waals surface area contributed by atoms with Crippen molar-refractivity contribution < 1.29 is 0 Å². The maximum Gasteiger partial charge on any atom is 0.0277 e. The molecule has 1 aromatic carbocycles. The van der Waals surface area contributed by atoms with Crippen LogP contribution in [0, 0.1) is 18.8 Å². The lowest BCUT2D eigenvalue weighted by molar-refractivity contribution is 1.05. The van der Waals surface area contributed by atoms with E-state index in [1.54, 1.807) is 0 Å². The number of nitrogens with two attached hydrogens (primary N) is 1. The van der Waals surface area contributed by atoms with Gasteiger partial charge in [0.2, 0.25) is 0 Å². The van der Waals surface area contributed by atoms with Crippen LogP contribution in [0.4, 0.5) is 0 Å². The van der Waals surface area contributed by atoms with Gasteiger partial charge < -0.3 is 5.73 Å². The van der Waals surface area contributed by atoms with Crippen LogP contribution in [-0.4, -0.2) is 0 Å². The van der Waals surface area contributed by atoms with Gasteiger partial charge in [0.1, 0.15) is 0 Å². The van der Waals surface area contributed by atoms with Crippen LogP contribution < -0.4 is 5.73 Å². The van der Waals surface area contributed by atoms with Gasteiger partial charge in [0.05, 0.1) is 0 Å². The summed E-state index contributed by atoms with van der Waals surface area (Å²) in [5.74, 6) is 6.20. The first kappa shape index (κ1) is 9.83. The molecular weight excluding hydrogens is 158 g/mol. The van der Waals surface area contributed by atoms with E-state index in [2.05, 4.69) is 25.7 Å². The van der Waals surface area contributed by atoms with E-state index in [4.69, 9.17) is 5.73 Å². The van der Waals surface area contributed by atoms with Gasteiger partial charge in [0.25, 0.3) is 0 Å². The van der Waals surface area contributed by atoms with E-state index < -0.39 is 0 Å². The monoisotopic (exact) mass is 173 g/mol. The van der Waals surface area contributed by atoms with Crippen LogP contribution in [-0.2, 0) is 6.54 Å². The second-order valence-corrected chi connectivity index (χ2v) is 2.95. The number of rotatable bonds is 1. The van der Waals surface area contributed by atoms with Crippen molar-refractivity contribution in [3.63, 3.8) is 0 Å². The molecule has 1 nitrogen and oxygen atoms in total. The predicted octanol–water partition coefficient (Wildman–Crippen LogP) is 2.22. The van der Waals surface area contributed by atoms with Crippen molar-refractivity contribution >= 4 is 0 Å². The Morgan fingerprint density at radius 1 is 1.38 bits per heavy atom. The van der Waals surface area contributed by atoms with Crippen LogP contribution in [0.2, 0.25) is 0 Å². The SMILES string of the molecule is CCC#Cc1cccc(CN)c1C. The molecule has 0 saturated heterocycles. The molecule has 1 aromatic rings. The van der Waals surface area contributed by atoms with Crippen LogP contribution in [0.3, 0.4) is 0 Å². The van der Waals surface area contributed by atoms with E-state index in [0.717, 1.165) is 12.0 Å². The molecule has 0 aliphatic rings. The van der Waals surface area contributed by atoms with Crippen LogP contribution in [0.1, 0.15) is 30.0 Å². The highest BCUT2D eigenvalue weighted by atomic mass is 14.5. The average Bonchev–Trinajstić information content (AvgIpc) is 2.16. The lowest BCUT2D eigenvalue weighted by Gasteiger charge is -2.03. The molecule has 0 aliphatic carbocycles. The molecule has 0 unspecified atom stereocenters. The van der Waals surface area contributed by atoms with E-state index in [0.29, 0.717) is 6.54 Å². The van der Waals surface area contributed by atoms with E-state index in [1.807, 2.05) is 18.2 Å². The zero-order chi connectivity index (χ0) is 9.68. The normalized spacial score (nSPS) is 9.15. The molecule has 0 spiro atoms.